The lowest BCUT2D eigenvalue weighted by atomic mass is 9.81. The van der Waals surface area contributed by atoms with E-state index in [9.17, 15) is 15.0 Å². The lowest BCUT2D eigenvalue weighted by Gasteiger charge is -2.37. The van der Waals surface area contributed by atoms with Gasteiger partial charge in [-0.2, -0.15) is 0 Å². The number of hydrogen-bond acceptors (Lipinski definition) is 7. The van der Waals surface area contributed by atoms with Crippen LogP contribution in [0.15, 0.2) is 64.5 Å². The molecule has 0 bridgehead atoms. The SMILES string of the molecule is CSc1cccc(NC2=N[C@@H]3[C@@H](O)[C@H](O)C[C@H](C(=O)NCc4ccccc4)[C@H]3S2)c1. The molecule has 2 aliphatic rings. The van der Waals surface area contributed by atoms with Crippen molar-refractivity contribution >= 4 is 40.3 Å². The molecule has 4 N–H and O–H groups in total. The minimum atomic E-state index is -0.975. The first-order valence-corrected chi connectivity index (χ1v) is 12.0. The van der Waals surface area contributed by atoms with Crippen molar-refractivity contribution in [2.75, 3.05) is 11.6 Å². The lowest BCUT2D eigenvalue weighted by Crippen LogP contribution is -2.53. The highest BCUT2D eigenvalue weighted by Crippen LogP contribution is 2.41. The Morgan fingerprint density at radius 2 is 2.00 bits per heavy atom. The summed E-state index contributed by atoms with van der Waals surface area (Å²) < 4.78 is 0. The fourth-order valence-electron chi connectivity index (χ4n) is 3.85. The largest absolute Gasteiger partial charge is 0.390 e. The molecule has 2 aromatic rings. The highest BCUT2D eigenvalue weighted by molar-refractivity contribution is 8.15. The van der Waals surface area contributed by atoms with Crippen LogP contribution in [0.5, 0.6) is 0 Å². The Balaban J connectivity index is 1.45. The van der Waals surface area contributed by atoms with Gasteiger partial charge in [0.2, 0.25) is 5.91 Å². The maximum absolute atomic E-state index is 12.9. The van der Waals surface area contributed by atoms with Gasteiger partial charge >= 0.3 is 0 Å². The molecule has 6 nitrogen and oxygen atoms in total. The van der Waals surface area contributed by atoms with Crippen molar-refractivity contribution in [1.82, 2.24) is 5.32 Å². The average Bonchev–Trinajstić information content (AvgIpc) is 3.19. The van der Waals surface area contributed by atoms with Gasteiger partial charge in [-0.1, -0.05) is 48.2 Å². The molecule has 8 heteroatoms. The molecule has 1 aliphatic heterocycles. The van der Waals surface area contributed by atoms with Crippen LogP contribution in [-0.2, 0) is 11.3 Å². The number of fused-ring (bicyclic) bond motifs is 1. The van der Waals surface area contributed by atoms with Crippen LogP contribution < -0.4 is 10.6 Å². The van der Waals surface area contributed by atoms with Gasteiger partial charge in [0.15, 0.2) is 5.17 Å². The van der Waals surface area contributed by atoms with Crippen molar-refractivity contribution in [2.24, 2.45) is 10.9 Å². The van der Waals surface area contributed by atoms with Crippen molar-refractivity contribution in [3.8, 4) is 0 Å². The molecule has 5 atom stereocenters. The summed E-state index contributed by atoms with van der Waals surface area (Å²) in [6, 6.07) is 17.2. The monoisotopic (exact) mass is 443 g/mol. The standard InChI is InChI=1S/C22H25N3O3S2/c1-29-15-9-5-8-14(10-15)24-22-25-18-19(27)17(26)11-16(20(18)30-22)21(28)23-12-13-6-3-2-4-7-13/h2-10,16-20,26-27H,11-12H2,1H3,(H,23,28)(H,24,25)/t16-,17+,18+,19-,20+/m0/s1. The van der Waals surface area contributed by atoms with E-state index in [0.29, 0.717) is 11.7 Å². The summed E-state index contributed by atoms with van der Waals surface area (Å²) in [7, 11) is 0. The second-order valence-electron chi connectivity index (χ2n) is 7.47. The van der Waals surface area contributed by atoms with Crippen LogP contribution in [0.4, 0.5) is 5.69 Å². The number of carbonyl (C=O) groups excluding carboxylic acids is 1. The van der Waals surface area contributed by atoms with Gasteiger partial charge in [0.25, 0.3) is 0 Å². The summed E-state index contributed by atoms with van der Waals surface area (Å²) in [5.74, 6) is -0.546. The van der Waals surface area contributed by atoms with E-state index in [1.165, 1.54) is 11.8 Å². The Hall–Kier alpha value is -2.00. The van der Waals surface area contributed by atoms with Crippen molar-refractivity contribution < 1.29 is 15.0 Å². The Bertz CT molecular complexity index is 925. The van der Waals surface area contributed by atoms with E-state index in [-0.39, 0.29) is 17.6 Å². The van der Waals surface area contributed by atoms with Crippen LogP contribution in [0.1, 0.15) is 12.0 Å². The molecule has 158 valence electrons. The van der Waals surface area contributed by atoms with E-state index in [0.717, 1.165) is 16.1 Å². The fraction of sp³-hybridized carbons (Fsp3) is 0.364. The molecule has 2 aromatic carbocycles. The molecule has 1 saturated carbocycles. The molecule has 4 rings (SSSR count). The topological polar surface area (TPSA) is 94.0 Å². The molecule has 0 radical (unpaired) electrons. The molecule has 1 amide bonds. The third-order valence-electron chi connectivity index (χ3n) is 5.45. The maximum Gasteiger partial charge on any atom is 0.224 e. The number of aliphatic hydroxyl groups excluding tert-OH is 2. The Morgan fingerprint density at radius 1 is 1.20 bits per heavy atom. The molecule has 0 spiro atoms. The van der Waals surface area contributed by atoms with Gasteiger partial charge in [-0.25, -0.2) is 0 Å². The number of amides is 1. The summed E-state index contributed by atoms with van der Waals surface area (Å²) in [5, 5.41) is 27.6. The normalized spacial score (nSPS) is 27.8. The highest BCUT2D eigenvalue weighted by atomic mass is 32.2. The summed E-state index contributed by atoms with van der Waals surface area (Å²) >= 11 is 3.12. The molecular formula is C22H25N3O3S2. The van der Waals surface area contributed by atoms with Gasteiger partial charge in [0.1, 0.15) is 6.10 Å². The molecule has 0 unspecified atom stereocenters. The molecule has 0 aromatic heterocycles. The Kier molecular flexibility index (Phi) is 6.67. The summed E-state index contributed by atoms with van der Waals surface area (Å²) in [4.78, 5) is 18.7. The van der Waals surface area contributed by atoms with Gasteiger partial charge in [0.05, 0.1) is 18.1 Å². The fourth-order valence-corrected chi connectivity index (χ4v) is 5.69. The molecule has 30 heavy (non-hydrogen) atoms. The highest BCUT2D eigenvalue weighted by Gasteiger charge is 2.50. The number of benzene rings is 2. The first kappa shape index (κ1) is 21.2. The minimum absolute atomic E-state index is 0.117. The van der Waals surface area contributed by atoms with E-state index in [1.807, 2.05) is 60.9 Å². The van der Waals surface area contributed by atoms with Gasteiger partial charge in [-0.15, -0.1) is 11.8 Å². The van der Waals surface area contributed by atoms with Crippen LogP contribution in [0.2, 0.25) is 0 Å². The first-order valence-electron chi connectivity index (χ1n) is 9.88. The van der Waals surface area contributed by atoms with E-state index in [4.69, 9.17) is 0 Å². The number of anilines is 1. The zero-order valence-corrected chi connectivity index (χ0v) is 18.2. The number of rotatable bonds is 5. The second kappa shape index (κ2) is 9.43. The molecule has 0 saturated heterocycles. The lowest BCUT2D eigenvalue weighted by molar-refractivity contribution is -0.129. The van der Waals surface area contributed by atoms with Crippen LogP contribution in [0, 0.1) is 5.92 Å². The summed E-state index contributed by atoms with van der Waals surface area (Å²) in [6.07, 6.45) is 0.298. The summed E-state index contributed by atoms with van der Waals surface area (Å²) in [5.41, 5.74) is 1.93. The summed E-state index contributed by atoms with van der Waals surface area (Å²) in [6.45, 7) is 0.435. The van der Waals surface area contributed by atoms with E-state index >= 15 is 0 Å². The number of nitrogens with one attached hydrogen (secondary N) is 2. The number of aliphatic hydroxyl groups is 2. The average molecular weight is 444 g/mol. The van der Waals surface area contributed by atoms with Crippen molar-refractivity contribution in [3.05, 3.63) is 60.2 Å². The van der Waals surface area contributed by atoms with Crippen molar-refractivity contribution in [3.63, 3.8) is 0 Å². The van der Waals surface area contributed by atoms with Crippen LogP contribution in [-0.4, -0.2) is 51.0 Å². The predicted octanol–water partition coefficient (Wildman–Crippen LogP) is 2.72. The smallest absolute Gasteiger partial charge is 0.224 e. The maximum atomic E-state index is 12.9. The number of carbonyl (C=O) groups is 1. The molecular weight excluding hydrogens is 418 g/mol. The predicted molar refractivity (Wildman–Crippen MR) is 123 cm³/mol. The van der Waals surface area contributed by atoms with Crippen molar-refractivity contribution in [2.45, 2.75) is 41.4 Å². The van der Waals surface area contributed by atoms with E-state index in [1.54, 1.807) is 11.8 Å². The quantitative estimate of drug-likeness (QED) is 0.531. The number of thioether (sulfide) groups is 2. The molecule has 1 heterocycles. The number of nitrogens with zero attached hydrogens (tertiary/aromatic N) is 1. The zero-order chi connectivity index (χ0) is 21.1. The second-order valence-corrected chi connectivity index (χ2v) is 9.51. The van der Waals surface area contributed by atoms with Crippen LogP contribution in [0.25, 0.3) is 0 Å². The molecule has 1 fully saturated rings. The van der Waals surface area contributed by atoms with Crippen LogP contribution in [0.3, 0.4) is 0 Å². The number of hydrogen-bond donors (Lipinski definition) is 4. The number of amidine groups is 1. The first-order chi connectivity index (χ1) is 14.5. The van der Waals surface area contributed by atoms with Gasteiger partial charge in [-0.05, 0) is 36.4 Å². The van der Waals surface area contributed by atoms with Gasteiger partial charge < -0.3 is 20.8 Å². The minimum Gasteiger partial charge on any atom is -0.390 e. The third kappa shape index (κ3) is 4.67. The Morgan fingerprint density at radius 3 is 2.77 bits per heavy atom. The van der Waals surface area contributed by atoms with Gasteiger partial charge in [0, 0.05) is 22.4 Å². The number of aliphatic imine (C=N–C) groups is 1. The third-order valence-corrected chi connectivity index (χ3v) is 7.49. The van der Waals surface area contributed by atoms with E-state index in [2.05, 4.69) is 15.6 Å². The van der Waals surface area contributed by atoms with Crippen LogP contribution >= 0.6 is 23.5 Å². The Labute approximate surface area is 184 Å². The van der Waals surface area contributed by atoms with E-state index < -0.39 is 24.2 Å². The van der Waals surface area contributed by atoms with Crippen molar-refractivity contribution in [1.29, 1.82) is 0 Å². The zero-order valence-electron chi connectivity index (χ0n) is 16.6. The van der Waals surface area contributed by atoms with Gasteiger partial charge in [-0.3, -0.25) is 9.79 Å². The molecule has 1 aliphatic carbocycles.